The van der Waals surface area contributed by atoms with Crippen molar-refractivity contribution < 1.29 is 28.8 Å². The fraction of sp³-hybridized carbons (Fsp3) is 0.167. The lowest BCUT2D eigenvalue weighted by Gasteiger charge is -2.10. The summed E-state index contributed by atoms with van der Waals surface area (Å²) in [5.41, 5.74) is 13.7. The van der Waals surface area contributed by atoms with Gasteiger partial charge >= 0.3 is 0 Å². The van der Waals surface area contributed by atoms with Crippen molar-refractivity contribution in [2.75, 3.05) is 10.6 Å². The summed E-state index contributed by atoms with van der Waals surface area (Å²) in [7, 11) is 0. The van der Waals surface area contributed by atoms with E-state index in [9.17, 15) is 28.8 Å². The standard InChI is InChI=1S/C36H36N6O6/c1-23-9-3-5-11-29(23)35(47)37-27-19-15-25(16-20-27)33(45)41-39-31(43)13-7-8-14-32(44)40-42-34(46)26-17-21-28(22-18-26)38-36(48)30-12-6-4-10-24(30)2/h3-6,9-12,15-22H,7-8,13-14H2,1-2H3,(H,37,47)(H,38,48)(H,39,43)(H,40,44)(H,41,45)(H,42,46). The molecule has 4 aromatic rings. The average molecular weight is 649 g/mol. The Labute approximate surface area is 277 Å². The number of amides is 6. The van der Waals surface area contributed by atoms with Crippen molar-refractivity contribution >= 4 is 46.8 Å². The molecule has 0 aromatic heterocycles. The zero-order chi connectivity index (χ0) is 34.5. The number of rotatable bonds is 11. The van der Waals surface area contributed by atoms with Gasteiger partial charge in [-0.2, -0.15) is 0 Å². The Kier molecular flexibility index (Phi) is 12.1. The van der Waals surface area contributed by atoms with Gasteiger partial charge in [-0.3, -0.25) is 50.5 Å². The van der Waals surface area contributed by atoms with Crippen molar-refractivity contribution in [1.29, 1.82) is 0 Å². The number of hydrogen-bond acceptors (Lipinski definition) is 6. The van der Waals surface area contributed by atoms with Gasteiger partial charge in [-0.15, -0.1) is 0 Å². The predicted octanol–water partition coefficient (Wildman–Crippen LogP) is 4.59. The molecule has 48 heavy (non-hydrogen) atoms. The molecule has 0 heterocycles. The van der Waals surface area contributed by atoms with Crippen LogP contribution in [0.5, 0.6) is 0 Å². The third kappa shape index (κ3) is 10.1. The van der Waals surface area contributed by atoms with E-state index in [2.05, 4.69) is 32.3 Å². The Morgan fingerprint density at radius 3 is 1.15 bits per heavy atom. The summed E-state index contributed by atoms with van der Waals surface area (Å²) < 4.78 is 0. The number of carbonyl (C=O) groups excluding carboxylic acids is 6. The fourth-order valence-corrected chi connectivity index (χ4v) is 4.56. The fourth-order valence-electron chi connectivity index (χ4n) is 4.56. The molecule has 0 saturated carbocycles. The smallest absolute Gasteiger partial charge is 0.269 e. The van der Waals surface area contributed by atoms with Crippen LogP contribution in [0.15, 0.2) is 97.1 Å². The molecule has 0 saturated heterocycles. The van der Waals surface area contributed by atoms with E-state index in [4.69, 9.17) is 0 Å². The van der Waals surface area contributed by atoms with E-state index in [0.29, 0.717) is 35.3 Å². The monoisotopic (exact) mass is 648 g/mol. The van der Waals surface area contributed by atoms with Crippen LogP contribution in [-0.2, 0) is 9.59 Å². The average Bonchev–Trinajstić information content (AvgIpc) is 3.09. The molecule has 4 aromatic carbocycles. The van der Waals surface area contributed by atoms with Crippen molar-refractivity contribution in [3.05, 3.63) is 130 Å². The Morgan fingerprint density at radius 2 is 0.792 bits per heavy atom. The lowest BCUT2D eigenvalue weighted by molar-refractivity contribution is -0.123. The minimum Gasteiger partial charge on any atom is -0.322 e. The lowest BCUT2D eigenvalue weighted by Crippen LogP contribution is -2.42. The molecule has 12 heteroatoms. The number of unbranched alkanes of at least 4 members (excludes halogenated alkanes) is 1. The van der Waals surface area contributed by atoms with Gasteiger partial charge in [0.05, 0.1) is 0 Å². The molecule has 0 radical (unpaired) electrons. The molecule has 0 aliphatic rings. The van der Waals surface area contributed by atoms with Crippen LogP contribution in [0.25, 0.3) is 0 Å². The van der Waals surface area contributed by atoms with Crippen molar-refractivity contribution in [3.63, 3.8) is 0 Å². The number of hydrogen-bond donors (Lipinski definition) is 6. The molecule has 6 N–H and O–H groups in total. The first-order valence-corrected chi connectivity index (χ1v) is 15.2. The van der Waals surface area contributed by atoms with Crippen molar-refractivity contribution in [3.8, 4) is 0 Å². The topological polar surface area (TPSA) is 175 Å². The SMILES string of the molecule is Cc1ccccc1C(=O)Nc1ccc(C(=O)NNC(=O)CCCCC(=O)NNC(=O)c2ccc(NC(=O)c3ccccc3C)cc2)cc1. The first kappa shape index (κ1) is 34.6. The van der Waals surface area contributed by atoms with Crippen molar-refractivity contribution in [1.82, 2.24) is 21.7 Å². The molecule has 6 amide bonds. The second-order valence-electron chi connectivity index (χ2n) is 10.9. The zero-order valence-corrected chi connectivity index (χ0v) is 26.5. The molecule has 0 aliphatic carbocycles. The normalized spacial score (nSPS) is 10.3. The molecular weight excluding hydrogens is 612 g/mol. The van der Waals surface area contributed by atoms with Crippen LogP contribution in [0, 0.1) is 13.8 Å². The second kappa shape index (κ2) is 16.9. The third-order valence-corrected chi connectivity index (χ3v) is 7.28. The van der Waals surface area contributed by atoms with Crippen LogP contribution < -0.4 is 32.3 Å². The minimum atomic E-state index is -0.531. The van der Waals surface area contributed by atoms with Crippen molar-refractivity contribution in [2.24, 2.45) is 0 Å². The number of anilines is 2. The Hall–Kier alpha value is -6.30. The lowest BCUT2D eigenvalue weighted by atomic mass is 10.1. The van der Waals surface area contributed by atoms with E-state index < -0.39 is 23.6 Å². The summed E-state index contributed by atoms with van der Waals surface area (Å²) in [6, 6.07) is 26.9. The highest BCUT2D eigenvalue weighted by molar-refractivity contribution is 6.06. The van der Waals surface area contributed by atoms with Gasteiger partial charge in [0.25, 0.3) is 23.6 Å². The molecule has 4 rings (SSSR count). The van der Waals surface area contributed by atoms with Gasteiger partial charge in [0, 0.05) is 46.5 Å². The largest absolute Gasteiger partial charge is 0.322 e. The number of aryl methyl sites for hydroxylation is 2. The highest BCUT2D eigenvalue weighted by Crippen LogP contribution is 2.15. The molecule has 0 unspecified atom stereocenters. The number of carbonyl (C=O) groups is 6. The van der Waals surface area contributed by atoms with Crippen LogP contribution in [0.4, 0.5) is 11.4 Å². The molecular formula is C36H36N6O6. The van der Waals surface area contributed by atoms with Gasteiger partial charge < -0.3 is 10.6 Å². The van der Waals surface area contributed by atoms with E-state index in [-0.39, 0.29) is 35.8 Å². The van der Waals surface area contributed by atoms with Gasteiger partial charge in [-0.25, -0.2) is 0 Å². The Bertz CT molecular complexity index is 1670. The molecule has 0 atom stereocenters. The molecule has 0 fully saturated rings. The Morgan fingerprint density at radius 1 is 0.438 bits per heavy atom. The van der Waals surface area contributed by atoms with E-state index in [0.717, 1.165) is 11.1 Å². The zero-order valence-electron chi connectivity index (χ0n) is 26.5. The number of nitrogens with one attached hydrogen (secondary N) is 6. The van der Waals surface area contributed by atoms with E-state index in [1.165, 1.54) is 24.3 Å². The first-order valence-electron chi connectivity index (χ1n) is 15.2. The third-order valence-electron chi connectivity index (χ3n) is 7.28. The van der Waals surface area contributed by atoms with E-state index in [1.54, 1.807) is 48.5 Å². The van der Waals surface area contributed by atoms with Crippen molar-refractivity contribution in [2.45, 2.75) is 39.5 Å². The van der Waals surface area contributed by atoms with Gasteiger partial charge in [-0.1, -0.05) is 36.4 Å². The maximum absolute atomic E-state index is 12.5. The molecule has 0 bridgehead atoms. The highest BCUT2D eigenvalue weighted by atomic mass is 16.2. The van der Waals surface area contributed by atoms with Gasteiger partial charge in [-0.05, 0) is 98.5 Å². The molecule has 0 spiro atoms. The summed E-state index contributed by atoms with van der Waals surface area (Å²) in [6.07, 6.45) is 0.870. The van der Waals surface area contributed by atoms with Crippen LogP contribution in [0.2, 0.25) is 0 Å². The number of hydrazine groups is 2. The van der Waals surface area contributed by atoms with Gasteiger partial charge in [0.15, 0.2) is 0 Å². The highest BCUT2D eigenvalue weighted by Gasteiger charge is 2.13. The molecule has 246 valence electrons. The molecule has 12 nitrogen and oxygen atoms in total. The summed E-state index contributed by atoms with van der Waals surface area (Å²) in [5, 5.41) is 5.57. The maximum Gasteiger partial charge on any atom is 0.269 e. The predicted molar refractivity (Wildman–Crippen MR) is 181 cm³/mol. The summed E-state index contributed by atoms with van der Waals surface area (Å²) in [6.45, 7) is 3.69. The second-order valence-corrected chi connectivity index (χ2v) is 10.9. The summed E-state index contributed by atoms with van der Waals surface area (Å²) in [4.78, 5) is 74.1. The van der Waals surface area contributed by atoms with Crippen LogP contribution in [-0.4, -0.2) is 35.4 Å². The summed E-state index contributed by atoms with van der Waals surface area (Å²) in [5.74, 6) is -2.45. The quantitative estimate of drug-likeness (QED) is 0.102. The molecule has 0 aliphatic heterocycles. The van der Waals surface area contributed by atoms with E-state index in [1.807, 2.05) is 38.1 Å². The van der Waals surface area contributed by atoms with Crippen LogP contribution in [0.1, 0.15) is 78.2 Å². The van der Waals surface area contributed by atoms with Gasteiger partial charge in [0.2, 0.25) is 11.8 Å². The van der Waals surface area contributed by atoms with Crippen LogP contribution >= 0.6 is 0 Å². The minimum absolute atomic E-state index is 0.0660. The van der Waals surface area contributed by atoms with E-state index >= 15 is 0 Å². The van der Waals surface area contributed by atoms with Crippen LogP contribution in [0.3, 0.4) is 0 Å². The van der Waals surface area contributed by atoms with Gasteiger partial charge in [0.1, 0.15) is 0 Å². The maximum atomic E-state index is 12.5. The Balaban J connectivity index is 1.09. The first-order chi connectivity index (χ1) is 23.1. The summed E-state index contributed by atoms with van der Waals surface area (Å²) >= 11 is 0. The number of benzene rings is 4.